The molecule has 0 spiro atoms. The predicted molar refractivity (Wildman–Crippen MR) is 104 cm³/mol. The number of halogens is 5. The maximum absolute atomic E-state index is 12.9. The normalized spacial score (nSPS) is 12.3. The van der Waals surface area contributed by atoms with E-state index in [1.807, 2.05) is 0 Å². The molecule has 6 nitrogen and oxygen atoms in total. The van der Waals surface area contributed by atoms with Crippen molar-refractivity contribution in [2.75, 3.05) is 0 Å². The zero-order chi connectivity index (χ0) is 21.4. The fraction of sp³-hybridized carbons (Fsp3) is 0.176. The van der Waals surface area contributed by atoms with Crippen LogP contribution < -0.4 is 5.69 Å². The fourth-order valence-electron chi connectivity index (χ4n) is 2.51. The van der Waals surface area contributed by atoms with Crippen molar-refractivity contribution in [1.29, 1.82) is 0 Å². The van der Waals surface area contributed by atoms with E-state index >= 15 is 0 Å². The maximum Gasteiger partial charge on any atom is 0.390 e. The van der Waals surface area contributed by atoms with Crippen molar-refractivity contribution in [3.8, 4) is 11.4 Å². The van der Waals surface area contributed by atoms with E-state index in [2.05, 4.69) is 21.0 Å². The molecule has 0 saturated heterocycles. The largest absolute Gasteiger partial charge is 0.390 e. The van der Waals surface area contributed by atoms with Crippen molar-refractivity contribution in [3.05, 3.63) is 68.5 Å². The van der Waals surface area contributed by atoms with E-state index in [0.717, 1.165) is 0 Å². The summed E-state index contributed by atoms with van der Waals surface area (Å²) in [5.41, 5.74) is -0.948. The molecule has 0 saturated carbocycles. The molecule has 12 heteroatoms. The highest BCUT2D eigenvalue weighted by atomic mass is 79.9. The minimum absolute atomic E-state index is 0.203. The molecule has 0 bridgehead atoms. The molecule has 0 fully saturated rings. The van der Waals surface area contributed by atoms with Gasteiger partial charge in [-0.15, -0.1) is 5.10 Å². The third kappa shape index (κ3) is 4.73. The lowest BCUT2D eigenvalue weighted by Gasteiger charge is -2.08. The molecule has 1 heterocycles. The van der Waals surface area contributed by atoms with Gasteiger partial charge in [0.15, 0.2) is 5.82 Å². The standard InChI is InChI=1S/C17H12BrClF3N3O3S/c18-12-2-1-3-14(10-12)29(27,28)25-16(26)24(9-8-17(20,21)22)15(23-25)11-4-6-13(19)7-5-11/h1-7,10H,8-9H2. The maximum atomic E-state index is 12.9. The summed E-state index contributed by atoms with van der Waals surface area (Å²) in [6, 6.07) is 11.3. The molecule has 0 aliphatic carbocycles. The Balaban J connectivity index is 2.18. The Hall–Kier alpha value is -2.11. The lowest BCUT2D eigenvalue weighted by molar-refractivity contribution is -0.136. The van der Waals surface area contributed by atoms with Gasteiger partial charge >= 0.3 is 11.9 Å². The third-order valence-electron chi connectivity index (χ3n) is 3.88. The van der Waals surface area contributed by atoms with E-state index in [-0.39, 0.29) is 20.4 Å². The van der Waals surface area contributed by atoms with Crippen LogP contribution in [0.1, 0.15) is 6.42 Å². The first-order valence-corrected chi connectivity index (χ1v) is 10.6. The Bertz CT molecular complexity index is 1210. The minimum Gasteiger partial charge on any atom is -0.274 e. The van der Waals surface area contributed by atoms with Gasteiger partial charge in [-0.2, -0.15) is 21.6 Å². The molecule has 154 valence electrons. The molecule has 0 aliphatic heterocycles. The van der Waals surface area contributed by atoms with Crippen molar-refractivity contribution in [2.45, 2.75) is 24.0 Å². The van der Waals surface area contributed by atoms with Crippen LogP contribution in [0.5, 0.6) is 0 Å². The predicted octanol–water partition coefficient (Wildman–Crippen LogP) is 4.32. The van der Waals surface area contributed by atoms with Crippen LogP contribution in [-0.4, -0.2) is 28.3 Å². The van der Waals surface area contributed by atoms with Crippen molar-refractivity contribution in [2.24, 2.45) is 0 Å². The molecule has 3 aromatic rings. The molecule has 0 aliphatic rings. The first-order valence-electron chi connectivity index (χ1n) is 8.03. The minimum atomic E-state index is -4.54. The number of benzene rings is 2. The van der Waals surface area contributed by atoms with Gasteiger partial charge in [-0.3, -0.25) is 4.57 Å². The highest BCUT2D eigenvalue weighted by Gasteiger charge is 2.30. The summed E-state index contributed by atoms with van der Waals surface area (Å²) in [5, 5.41) is 4.20. The van der Waals surface area contributed by atoms with Gasteiger partial charge < -0.3 is 0 Å². The second-order valence-corrected chi connectivity index (χ2v) is 9.05. The highest BCUT2D eigenvalue weighted by molar-refractivity contribution is 9.10. The van der Waals surface area contributed by atoms with Crippen LogP contribution in [0, 0.1) is 0 Å². The Morgan fingerprint density at radius 2 is 1.76 bits per heavy atom. The van der Waals surface area contributed by atoms with E-state index in [0.29, 0.717) is 14.1 Å². The monoisotopic (exact) mass is 509 g/mol. The van der Waals surface area contributed by atoms with Gasteiger partial charge in [-0.1, -0.05) is 37.7 Å². The Morgan fingerprint density at radius 1 is 1.10 bits per heavy atom. The quantitative estimate of drug-likeness (QED) is 0.513. The van der Waals surface area contributed by atoms with Crippen LogP contribution in [-0.2, 0) is 16.6 Å². The molecule has 29 heavy (non-hydrogen) atoms. The van der Waals surface area contributed by atoms with Crippen LogP contribution in [0.2, 0.25) is 5.02 Å². The van der Waals surface area contributed by atoms with E-state index in [4.69, 9.17) is 11.6 Å². The smallest absolute Gasteiger partial charge is 0.274 e. The summed E-state index contributed by atoms with van der Waals surface area (Å²) in [4.78, 5) is 12.5. The lowest BCUT2D eigenvalue weighted by Crippen LogP contribution is -2.31. The van der Waals surface area contributed by atoms with Crippen molar-refractivity contribution >= 4 is 37.6 Å². The summed E-state index contributed by atoms with van der Waals surface area (Å²) >= 11 is 8.96. The fourth-order valence-corrected chi connectivity index (χ4v) is 4.41. The van der Waals surface area contributed by atoms with Crippen molar-refractivity contribution in [3.63, 3.8) is 0 Å². The second-order valence-electron chi connectivity index (χ2n) is 5.94. The summed E-state index contributed by atoms with van der Waals surface area (Å²) in [6.07, 6.45) is -5.86. The number of aromatic nitrogens is 3. The van der Waals surface area contributed by atoms with Gasteiger partial charge in [0.1, 0.15) is 0 Å². The average molecular weight is 511 g/mol. The third-order valence-corrected chi connectivity index (χ3v) is 6.17. The average Bonchev–Trinajstić information content (AvgIpc) is 2.97. The van der Waals surface area contributed by atoms with E-state index in [9.17, 15) is 26.4 Å². The number of hydrogen-bond donors (Lipinski definition) is 0. The van der Waals surface area contributed by atoms with Gasteiger partial charge in [-0.25, -0.2) is 4.79 Å². The summed E-state index contributed by atoms with van der Waals surface area (Å²) in [7, 11) is -4.43. The summed E-state index contributed by atoms with van der Waals surface area (Å²) < 4.78 is 65.3. The summed E-state index contributed by atoms with van der Waals surface area (Å²) in [5.74, 6) is -0.213. The Kier molecular flexibility index (Phi) is 5.93. The molecule has 0 N–H and O–H groups in total. The van der Waals surface area contributed by atoms with Gasteiger partial charge in [0.2, 0.25) is 0 Å². The number of nitrogens with zero attached hydrogens (tertiary/aromatic N) is 3. The molecule has 2 aromatic carbocycles. The van der Waals surface area contributed by atoms with Gasteiger partial charge in [-0.05, 0) is 42.5 Å². The van der Waals surface area contributed by atoms with E-state index in [1.54, 1.807) is 6.07 Å². The van der Waals surface area contributed by atoms with Gasteiger partial charge in [0.05, 0.1) is 11.3 Å². The van der Waals surface area contributed by atoms with Gasteiger partial charge in [0.25, 0.3) is 10.0 Å². The van der Waals surface area contributed by atoms with Crippen LogP contribution in [0.15, 0.2) is 62.7 Å². The molecule has 3 rings (SSSR count). The van der Waals surface area contributed by atoms with Crippen LogP contribution in [0.3, 0.4) is 0 Å². The SMILES string of the molecule is O=c1n(S(=O)(=O)c2cccc(Br)c2)nc(-c2ccc(Cl)cc2)n1CCC(F)(F)F. The van der Waals surface area contributed by atoms with Crippen molar-refractivity contribution in [1.82, 2.24) is 13.8 Å². The van der Waals surface area contributed by atoms with E-state index in [1.165, 1.54) is 42.5 Å². The Labute approximate surface area is 176 Å². The van der Waals surface area contributed by atoms with E-state index < -0.39 is 34.9 Å². The number of hydrogen-bond acceptors (Lipinski definition) is 4. The first-order chi connectivity index (χ1) is 13.5. The topological polar surface area (TPSA) is 74.0 Å². The molecular weight excluding hydrogens is 499 g/mol. The zero-order valence-corrected chi connectivity index (χ0v) is 17.6. The highest BCUT2D eigenvalue weighted by Crippen LogP contribution is 2.24. The second kappa shape index (κ2) is 7.96. The number of alkyl halides is 3. The first kappa shape index (κ1) is 21.6. The Morgan fingerprint density at radius 3 is 2.34 bits per heavy atom. The molecule has 0 unspecified atom stereocenters. The van der Waals surface area contributed by atoms with Gasteiger partial charge in [0, 0.05) is 21.6 Å². The molecular formula is C17H12BrClF3N3O3S. The molecule has 0 radical (unpaired) electrons. The number of rotatable bonds is 5. The molecule has 1 aromatic heterocycles. The van der Waals surface area contributed by atoms with Crippen LogP contribution >= 0.6 is 27.5 Å². The molecule has 0 amide bonds. The molecule has 0 atom stereocenters. The zero-order valence-electron chi connectivity index (χ0n) is 14.4. The lowest BCUT2D eigenvalue weighted by atomic mass is 10.2. The van der Waals surface area contributed by atoms with Crippen LogP contribution in [0.25, 0.3) is 11.4 Å². The summed E-state index contributed by atoms with van der Waals surface area (Å²) in [6.45, 7) is -0.783. The van der Waals surface area contributed by atoms with Crippen molar-refractivity contribution < 1.29 is 21.6 Å². The van der Waals surface area contributed by atoms with Crippen LogP contribution in [0.4, 0.5) is 13.2 Å².